The largest absolute Gasteiger partial charge is 0.489 e. The first-order chi connectivity index (χ1) is 10.0. The van der Waals surface area contributed by atoms with E-state index in [0.717, 1.165) is 37.0 Å². The second kappa shape index (κ2) is 5.60. The maximum absolute atomic E-state index is 11.0. The fourth-order valence-electron chi connectivity index (χ4n) is 4.12. The summed E-state index contributed by atoms with van der Waals surface area (Å²) < 4.78 is 5.71. The highest BCUT2D eigenvalue weighted by atomic mass is 16.5. The smallest absolute Gasteiger partial charge is 0.138 e. The lowest BCUT2D eigenvalue weighted by atomic mass is 9.66. The molecule has 2 aliphatic rings. The zero-order valence-corrected chi connectivity index (χ0v) is 13.3. The van der Waals surface area contributed by atoms with Crippen LogP contribution in [0.3, 0.4) is 0 Å². The molecule has 116 valence electrons. The second-order valence-corrected chi connectivity index (χ2v) is 7.31. The van der Waals surface area contributed by atoms with Gasteiger partial charge in [-0.2, -0.15) is 0 Å². The van der Waals surface area contributed by atoms with Crippen LogP contribution in [0, 0.1) is 5.41 Å². The van der Waals surface area contributed by atoms with E-state index in [1.54, 1.807) is 12.4 Å². The minimum atomic E-state index is -0.711. The van der Waals surface area contributed by atoms with Crippen molar-refractivity contribution in [2.45, 2.75) is 76.9 Å². The summed E-state index contributed by atoms with van der Waals surface area (Å²) in [5.74, 6) is 0.761. The fourth-order valence-corrected chi connectivity index (χ4v) is 4.12. The predicted molar refractivity (Wildman–Crippen MR) is 83.3 cm³/mol. The maximum Gasteiger partial charge on any atom is 0.138 e. The summed E-state index contributed by atoms with van der Waals surface area (Å²) >= 11 is 0. The van der Waals surface area contributed by atoms with Gasteiger partial charge in [-0.1, -0.05) is 12.8 Å². The Morgan fingerprint density at radius 1 is 1.05 bits per heavy atom. The average Bonchev–Trinajstić information content (AvgIpc) is 2.91. The first-order valence-corrected chi connectivity index (χ1v) is 8.36. The van der Waals surface area contributed by atoms with Gasteiger partial charge in [0.25, 0.3) is 0 Å². The van der Waals surface area contributed by atoms with Gasteiger partial charge in [0, 0.05) is 11.8 Å². The van der Waals surface area contributed by atoms with Gasteiger partial charge in [0.2, 0.25) is 0 Å². The van der Waals surface area contributed by atoms with Crippen molar-refractivity contribution in [2.75, 3.05) is 0 Å². The Balaban J connectivity index is 1.74. The van der Waals surface area contributed by atoms with Crippen LogP contribution in [0.15, 0.2) is 18.5 Å². The highest BCUT2D eigenvalue weighted by Crippen LogP contribution is 2.53. The standard InChI is InChI=1S/C18H27NO2/c1-14(2)21-16-11-15(12-19-13-16)18(20)9-7-17(8-10-18)5-3-4-6-17/h11-14,20H,3-10H2,1-2H3. The van der Waals surface area contributed by atoms with E-state index in [0.29, 0.717) is 5.41 Å². The highest BCUT2D eigenvalue weighted by Gasteiger charge is 2.43. The van der Waals surface area contributed by atoms with Crippen LogP contribution in [0.4, 0.5) is 0 Å². The molecule has 3 nitrogen and oxygen atoms in total. The number of rotatable bonds is 3. The van der Waals surface area contributed by atoms with Gasteiger partial charge >= 0.3 is 0 Å². The van der Waals surface area contributed by atoms with Crippen LogP contribution in [-0.2, 0) is 5.60 Å². The van der Waals surface area contributed by atoms with E-state index < -0.39 is 5.60 Å². The van der Waals surface area contributed by atoms with E-state index in [-0.39, 0.29) is 6.10 Å². The summed E-state index contributed by atoms with van der Waals surface area (Å²) in [6.07, 6.45) is 13.2. The molecule has 1 aromatic heterocycles. The van der Waals surface area contributed by atoms with Crippen LogP contribution in [0.25, 0.3) is 0 Å². The molecule has 0 atom stereocenters. The molecule has 0 radical (unpaired) electrons. The predicted octanol–water partition coefficient (Wildman–Crippen LogP) is 4.19. The van der Waals surface area contributed by atoms with Gasteiger partial charge < -0.3 is 9.84 Å². The maximum atomic E-state index is 11.0. The van der Waals surface area contributed by atoms with Gasteiger partial charge in [0.05, 0.1) is 17.9 Å². The van der Waals surface area contributed by atoms with E-state index in [1.165, 1.54) is 25.7 Å². The van der Waals surface area contributed by atoms with Crippen LogP contribution in [0.2, 0.25) is 0 Å². The van der Waals surface area contributed by atoms with Crippen molar-refractivity contribution in [3.8, 4) is 5.75 Å². The van der Waals surface area contributed by atoms with Crippen molar-refractivity contribution in [3.05, 3.63) is 24.0 Å². The third-order valence-corrected chi connectivity index (χ3v) is 5.42. The molecule has 1 aromatic rings. The van der Waals surface area contributed by atoms with E-state index in [9.17, 15) is 5.11 Å². The Kier molecular flexibility index (Phi) is 3.96. The lowest BCUT2D eigenvalue weighted by Gasteiger charge is -2.42. The zero-order chi connectivity index (χ0) is 14.9. The summed E-state index contributed by atoms with van der Waals surface area (Å²) in [6.45, 7) is 4.01. The molecule has 0 saturated heterocycles. The number of pyridine rings is 1. The number of nitrogens with zero attached hydrogens (tertiary/aromatic N) is 1. The van der Waals surface area contributed by atoms with Crippen LogP contribution in [-0.4, -0.2) is 16.2 Å². The summed E-state index contributed by atoms with van der Waals surface area (Å²) in [5, 5.41) is 11.0. The molecule has 2 saturated carbocycles. The summed E-state index contributed by atoms with van der Waals surface area (Å²) in [4.78, 5) is 4.26. The third-order valence-electron chi connectivity index (χ3n) is 5.42. The average molecular weight is 289 g/mol. The lowest BCUT2D eigenvalue weighted by Crippen LogP contribution is -2.36. The number of aromatic nitrogens is 1. The van der Waals surface area contributed by atoms with E-state index in [2.05, 4.69) is 4.98 Å². The zero-order valence-electron chi connectivity index (χ0n) is 13.3. The molecule has 2 aliphatic carbocycles. The van der Waals surface area contributed by atoms with Crippen LogP contribution < -0.4 is 4.74 Å². The molecule has 0 aliphatic heterocycles. The quantitative estimate of drug-likeness (QED) is 0.907. The lowest BCUT2D eigenvalue weighted by molar-refractivity contribution is -0.0380. The Bertz CT molecular complexity index is 482. The Morgan fingerprint density at radius 2 is 1.71 bits per heavy atom. The molecule has 0 bridgehead atoms. The normalized spacial score (nSPS) is 23.6. The van der Waals surface area contributed by atoms with E-state index >= 15 is 0 Å². The molecular formula is C18H27NO2. The molecule has 1 heterocycles. The topological polar surface area (TPSA) is 42.4 Å². The fraction of sp³-hybridized carbons (Fsp3) is 0.722. The first-order valence-electron chi connectivity index (χ1n) is 8.36. The first kappa shape index (κ1) is 14.8. The van der Waals surface area contributed by atoms with Crippen LogP contribution in [0.5, 0.6) is 5.75 Å². The van der Waals surface area contributed by atoms with E-state index in [1.807, 2.05) is 19.9 Å². The molecule has 1 N–H and O–H groups in total. The monoisotopic (exact) mass is 289 g/mol. The van der Waals surface area contributed by atoms with Gasteiger partial charge in [0.1, 0.15) is 5.75 Å². The van der Waals surface area contributed by atoms with Crippen molar-refractivity contribution in [1.82, 2.24) is 4.98 Å². The molecule has 0 aromatic carbocycles. The summed E-state index contributed by atoms with van der Waals surface area (Å²) in [7, 11) is 0. The molecule has 21 heavy (non-hydrogen) atoms. The van der Waals surface area contributed by atoms with E-state index in [4.69, 9.17) is 4.74 Å². The summed E-state index contributed by atoms with van der Waals surface area (Å²) in [5.41, 5.74) is 0.747. The Labute approximate surface area is 127 Å². The van der Waals surface area contributed by atoms with Crippen LogP contribution in [0.1, 0.15) is 70.8 Å². The van der Waals surface area contributed by atoms with Gasteiger partial charge in [-0.05, 0) is 63.9 Å². The number of hydrogen-bond acceptors (Lipinski definition) is 3. The third kappa shape index (κ3) is 3.08. The molecule has 3 heteroatoms. The number of aliphatic hydroxyl groups is 1. The van der Waals surface area contributed by atoms with Gasteiger partial charge in [-0.15, -0.1) is 0 Å². The highest BCUT2D eigenvalue weighted by molar-refractivity contribution is 5.29. The van der Waals surface area contributed by atoms with Crippen LogP contribution >= 0.6 is 0 Å². The van der Waals surface area contributed by atoms with Crippen molar-refractivity contribution in [2.24, 2.45) is 5.41 Å². The molecular weight excluding hydrogens is 262 g/mol. The summed E-state index contributed by atoms with van der Waals surface area (Å²) in [6, 6.07) is 1.97. The number of ether oxygens (including phenoxy) is 1. The van der Waals surface area contributed by atoms with Gasteiger partial charge in [0.15, 0.2) is 0 Å². The molecule has 3 rings (SSSR count). The Morgan fingerprint density at radius 3 is 2.33 bits per heavy atom. The molecule has 1 spiro atoms. The number of hydrogen-bond donors (Lipinski definition) is 1. The molecule has 2 fully saturated rings. The molecule has 0 unspecified atom stereocenters. The second-order valence-electron chi connectivity index (χ2n) is 7.31. The van der Waals surface area contributed by atoms with Crippen molar-refractivity contribution >= 4 is 0 Å². The van der Waals surface area contributed by atoms with Gasteiger partial charge in [-0.3, -0.25) is 4.98 Å². The van der Waals surface area contributed by atoms with Gasteiger partial charge in [-0.25, -0.2) is 0 Å². The van der Waals surface area contributed by atoms with Crippen molar-refractivity contribution in [1.29, 1.82) is 0 Å². The van der Waals surface area contributed by atoms with Crippen molar-refractivity contribution < 1.29 is 9.84 Å². The van der Waals surface area contributed by atoms with Crippen molar-refractivity contribution in [3.63, 3.8) is 0 Å². The minimum absolute atomic E-state index is 0.129. The SMILES string of the molecule is CC(C)Oc1cncc(C2(O)CCC3(CCCC3)CC2)c1. The minimum Gasteiger partial charge on any atom is -0.489 e. The molecule has 0 amide bonds. The Hall–Kier alpha value is -1.09.